The highest BCUT2D eigenvalue weighted by Gasteiger charge is 2.10. The van der Waals surface area contributed by atoms with E-state index >= 15 is 0 Å². The summed E-state index contributed by atoms with van der Waals surface area (Å²) in [4.78, 5) is 34.2. The smallest absolute Gasteiger partial charge is 0.262 e. The highest BCUT2D eigenvalue weighted by molar-refractivity contribution is 5.97. The molecule has 2 aromatic carbocycles. The van der Waals surface area contributed by atoms with Crippen LogP contribution in [0.15, 0.2) is 42.5 Å². The Labute approximate surface area is 145 Å². The molecule has 0 aliphatic carbocycles. The third kappa shape index (κ3) is 5.17. The van der Waals surface area contributed by atoms with Crippen molar-refractivity contribution in [3.05, 3.63) is 53.6 Å². The van der Waals surface area contributed by atoms with Gasteiger partial charge in [-0.2, -0.15) is 0 Å². The SMILES string of the molecule is CCOc1cc(C=O)ccc1OCC(=O)Nc1cccc(C(C)=O)c1. The molecule has 130 valence electrons. The number of hydrogen-bond donors (Lipinski definition) is 1. The molecule has 0 heterocycles. The number of Topliss-reactive ketones (excluding diaryl/α,β-unsaturated/α-hetero) is 1. The summed E-state index contributed by atoms with van der Waals surface area (Å²) in [7, 11) is 0. The van der Waals surface area contributed by atoms with E-state index in [0.717, 1.165) is 0 Å². The van der Waals surface area contributed by atoms with E-state index in [1.807, 2.05) is 6.92 Å². The molecule has 1 N–H and O–H groups in total. The average molecular weight is 341 g/mol. The van der Waals surface area contributed by atoms with Crippen LogP contribution in [-0.4, -0.2) is 31.2 Å². The van der Waals surface area contributed by atoms with Gasteiger partial charge in [0.25, 0.3) is 5.91 Å². The number of anilines is 1. The molecular formula is C19H19NO5. The lowest BCUT2D eigenvalue weighted by molar-refractivity contribution is -0.118. The van der Waals surface area contributed by atoms with Gasteiger partial charge in [0.1, 0.15) is 6.29 Å². The minimum Gasteiger partial charge on any atom is -0.490 e. The van der Waals surface area contributed by atoms with Gasteiger partial charge in [-0.1, -0.05) is 12.1 Å². The van der Waals surface area contributed by atoms with Crippen LogP contribution in [0.5, 0.6) is 11.5 Å². The lowest BCUT2D eigenvalue weighted by Gasteiger charge is -2.12. The number of amides is 1. The Hall–Kier alpha value is -3.15. The van der Waals surface area contributed by atoms with Gasteiger partial charge < -0.3 is 14.8 Å². The Bertz CT molecular complexity index is 785. The molecule has 0 unspecified atom stereocenters. The third-order valence-electron chi connectivity index (χ3n) is 3.32. The predicted molar refractivity (Wildman–Crippen MR) is 93.6 cm³/mol. The van der Waals surface area contributed by atoms with Crippen LogP contribution in [0.25, 0.3) is 0 Å². The summed E-state index contributed by atoms with van der Waals surface area (Å²) in [5.74, 6) is 0.324. The largest absolute Gasteiger partial charge is 0.490 e. The Balaban J connectivity index is 2.01. The first-order valence-electron chi connectivity index (χ1n) is 7.79. The second-order valence-electron chi connectivity index (χ2n) is 5.23. The summed E-state index contributed by atoms with van der Waals surface area (Å²) in [6.45, 7) is 3.45. The molecule has 0 saturated carbocycles. The Morgan fingerprint density at radius 1 is 1.08 bits per heavy atom. The van der Waals surface area contributed by atoms with Gasteiger partial charge in [0.15, 0.2) is 23.9 Å². The van der Waals surface area contributed by atoms with Crippen molar-refractivity contribution in [2.75, 3.05) is 18.5 Å². The molecule has 0 bridgehead atoms. The zero-order chi connectivity index (χ0) is 18.2. The number of nitrogens with one attached hydrogen (secondary N) is 1. The molecule has 6 heteroatoms. The number of carbonyl (C=O) groups excluding carboxylic acids is 3. The van der Waals surface area contributed by atoms with E-state index in [1.165, 1.54) is 6.92 Å². The van der Waals surface area contributed by atoms with Gasteiger partial charge in [-0.05, 0) is 44.2 Å². The molecule has 0 fully saturated rings. The normalized spacial score (nSPS) is 10.0. The fourth-order valence-corrected chi connectivity index (χ4v) is 2.14. The fourth-order valence-electron chi connectivity index (χ4n) is 2.14. The van der Waals surface area contributed by atoms with Gasteiger partial charge in [0.2, 0.25) is 0 Å². The second kappa shape index (κ2) is 8.63. The molecule has 0 atom stereocenters. The highest BCUT2D eigenvalue weighted by atomic mass is 16.5. The van der Waals surface area contributed by atoms with E-state index in [1.54, 1.807) is 42.5 Å². The second-order valence-corrected chi connectivity index (χ2v) is 5.23. The van der Waals surface area contributed by atoms with E-state index in [4.69, 9.17) is 9.47 Å². The summed E-state index contributed by atoms with van der Waals surface area (Å²) in [6, 6.07) is 11.4. The number of ether oxygens (including phenoxy) is 2. The van der Waals surface area contributed by atoms with Gasteiger partial charge >= 0.3 is 0 Å². The van der Waals surface area contributed by atoms with Crippen LogP contribution in [0.2, 0.25) is 0 Å². The van der Waals surface area contributed by atoms with Crippen LogP contribution in [0.1, 0.15) is 34.6 Å². The molecule has 2 rings (SSSR count). The van der Waals surface area contributed by atoms with Crippen molar-refractivity contribution in [2.24, 2.45) is 0 Å². The van der Waals surface area contributed by atoms with Crippen molar-refractivity contribution in [1.82, 2.24) is 0 Å². The molecule has 0 saturated heterocycles. The zero-order valence-electron chi connectivity index (χ0n) is 14.1. The Morgan fingerprint density at radius 2 is 1.88 bits per heavy atom. The molecule has 0 aromatic heterocycles. The molecule has 0 spiro atoms. The maximum atomic E-state index is 12.0. The van der Waals surface area contributed by atoms with Gasteiger partial charge in [0.05, 0.1) is 6.61 Å². The Kier molecular flexibility index (Phi) is 6.28. The molecule has 6 nitrogen and oxygen atoms in total. The van der Waals surface area contributed by atoms with E-state index in [-0.39, 0.29) is 18.3 Å². The van der Waals surface area contributed by atoms with Crippen molar-refractivity contribution >= 4 is 23.7 Å². The van der Waals surface area contributed by atoms with E-state index < -0.39 is 0 Å². The number of rotatable bonds is 8. The standard InChI is InChI=1S/C19H19NO5/c1-3-24-18-9-14(11-21)7-8-17(18)25-12-19(23)20-16-6-4-5-15(10-16)13(2)22/h4-11H,3,12H2,1-2H3,(H,20,23). The first-order chi connectivity index (χ1) is 12.0. The van der Waals surface area contributed by atoms with Crippen LogP contribution in [-0.2, 0) is 4.79 Å². The van der Waals surface area contributed by atoms with Gasteiger partial charge in [-0.3, -0.25) is 14.4 Å². The molecule has 0 radical (unpaired) electrons. The summed E-state index contributed by atoms with van der Waals surface area (Å²) >= 11 is 0. The molecule has 2 aromatic rings. The highest BCUT2D eigenvalue weighted by Crippen LogP contribution is 2.28. The van der Waals surface area contributed by atoms with E-state index in [9.17, 15) is 14.4 Å². The number of carbonyl (C=O) groups is 3. The number of aldehydes is 1. The number of ketones is 1. The molecule has 1 amide bonds. The maximum Gasteiger partial charge on any atom is 0.262 e. The summed E-state index contributed by atoms with van der Waals surface area (Å²) in [5, 5.41) is 2.67. The topological polar surface area (TPSA) is 81.7 Å². The van der Waals surface area contributed by atoms with Crippen LogP contribution >= 0.6 is 0 Å². The molecule has 25 heavy (non-hydrogen) atoms. The lowest BCUT2D eigenvalue weighted by atomic mass is 10.1. The van der Waals surface area contributed by atoms with Crippen molar-refractivity contribution < 1.29 is 23.9 Å². The van der Waals surface area contributed by atoms with Crippen molar-refractivity contribution in [2.45, 2.75) is 13.8 Å². The van der Waals surface area contributed by atoms with Crippen LogP contribution in [0.4, 0.5) is 5.69 Å². The first-order valence-corrected chi connectivity index (χ1v) is 7.79. The molecule has 0 aliphatic rings. The average Bonchev–Trinajstić information content (AvgIpc) is 2.61. The summed E-state index contributed by atoms with van der Waals surface area (Å²) in [5.41, 5.74) is 1.49. The molecule has 0 aliphatic heterocycles. The van der Waals surface area contributed by atoms with Crippen LogP contribution in [0.3, 0.4) is 0 Å². The number of benzene rings is 2. The quantitative estimate of drug-likeness (QED) is 0.589. The number of hydrogen-bond acceptors (Lipinski definition) is 5. The fraction of sp³-hybridized carbons (Fsp3) is 0.211. The zero-order valence-corrected chi connectivity index (χ0v) is 14.1. The maximum absolute atomic E-state index is 12.0. The van der Waals surface area contributed by atoms with Crippen LogP contribution in [0, 0.1) is 0 Å². The van der Waals surface area contributed by atoms with Crippen LogP contribution < -0.4 is 14.8 Å². The summed E-state index contributed by atoms with van der Waals surface area (Å²) in [6.07, 6.45) is 0.709. The van der Waals surface area contributed by atoms with Gasteiger partial charge in [-0.25, -0.2) is 0 Å². The van der Waals surface area contributed by atoms with Gasteiger partial charge in [-0.15, -0.1) is 0 Å². The first kappa shape index (κ1) is 18.2. The van der Waals surface area contributed by atoms with E-state index in [2.05, 4.69) is 5.32 Å². The minimum atomic E-state index is -0.373. The van der Waals surface area contributed by atoms with Crippen molar-refractivity contribution in [3.8, 4) is 11.5 Å². The summed E-state index contributed by atoms with van der Waals surface area (Å²) < 4.78 is 10.9. The monoisotopic (exact) mass is 341 g/mol. The van der Waals surface area contributed by atoms with E-state index in [0.29, 0.717) is 41.2 Å². The Morgan fingerprint density at radius 3 is 2.56 bits per heavy atom. The third-order valence-corrected chi connectivity index (χ3v) is 3.32. The van der Waals surface area contributed by atoms with Crippen molar-refractivity contribution in [3.63, 3.8) is 0 Å². The lowest BCUT2D eigenvalue weighted by Crippen LogP contribution is -2.20. The minimum absolute atomic E-state index is 0.0797. The predicted octanol–water partition coefficient (Wildman–Crippen LogP) is 3.12. The van der Waals surface area contributed by atoms with Gasteiger partial charge in [0, 0.05) is 16.8 Å². The molecular weight excluding hydrogens is 322 g/mol. The van der Waals surface area contributed by atoms with Crippen molar-refractivity contribution in [1.29, 1.82) is 0 Å².